The third-order valence-electron chi connectivity index (χ3n) is 4.84. The summed E-state index contributed by atoms with van der Waals surface area (Å²) in [5.74, 6) is 1.36. The maximum Gasteiger partial charge on any atom is 0.265 e. The van der Waals surface area contributed by atoms with Gasteiger partial charge in [0.15, 0.2) is 6.61 Å². The summed E-state index contributed by atoms with van der Waals surface area (Å²) in [6, 6.07) is 19.7. The lowest BCUT2D eigenvalue weighted by molar-refractivity contribution is -0.121. The molecule has 0 bridgehead atoms. The zero-order valence-electron chi connectivity index (χ0n) is 16.5. The number of hydrogen-bond acceptors (Lipinski definition) is 6. The Bertz CT molecular complexity index is 1010. The van der Waals surface area contributed by atoms with Crippen molar-refractivity contribution in [3.05, 3.63) is 66.9 Å². The molecule has 3 N–H and O–H groups in total. The minimum atomic E-state index is -0.0772. The largest absolute Gasteiger partial charge is 0.482 e. The Kier molecular flexibility index (Phi) is 6.22. The molecule has 30 heavy (non-hydrogen) atoms. The molecule has 0 atom stereocenters. The van der Waals surface area contributed by atoms with Gasteiger partial charge >= 0.3 is 0 Å². The predicted molar refractivity (Wildman–Crippen MR) is 117 cm³/mol. The number of aliphatic hydroxyl groups excluding tert-OH is 1. The highest BCUT2D eigenvalue weighted by Crippen LogP contribution is 2.36. The van der Waals surface area contributed by atoms with Crippen LogP contribution < -0.4 is 20.3 Å². The van der Waals surface area contributed by atoms with Crippen LogP contribution in [0, 0.1) is 0 Å². The highest BCUT2D eigenvalue weighted by molar-refractivity contribution is 5.98. The van der Waals surface area contributed by atoms with E-state index < -0.39 is 0 Å². The first kappa shape index (κ1) is 19.9. The van der Waals surface area contributed by atoms with E-state index in [1.807, 2.05) is 60.7 Å². The summed E-state index contributed by atoms with van der Waals surface area (Å²) in [6.07, 6.45) is 1.76. The maximum absolute atomic E-state index is 12.4. The van der Waals surface area contributed by atoms with Crippen molar-refractivity contribution in [2.45, 2.75) is 0 Å². The molecule has 1 aliphatic heterocycles. The quantitative estimate of drug-likeness (QED) is 0.501. The molecule has 1 aromatic heterocycles. The van der Waals surface area contributed by atoms with E-state index in [1.165, 1.54) is 0 Å². The van der Waals surface area contributed by atoms with Gasteiger partial charge in [0, 0.05) is 31.5 Å². The third kappa shape index (κ3) is 4.59. The second-order valence-electron chi connectivity index (χ2n) is 6.91. The Labute approximate surface area is 175 Å². The van der Waals surface area contributed by atoms with Gasteiger partial charge in [-0.3, -0.25) is 4.79 Å². The van der Waals surface area contributed by atoms with E-state index in [4.69, 9.17) is 9.84 Å². The molecule has 1 aliphatic rings. The molecule has 0 saturated heterocycles. The molecule has 0 fully saturated rings. The van der Waals surface area contributed by atoms with Crippen LogP contribution in [0.5, 0.6) is 5.75 Å². The van der Waals surface area contributed by atoms with Crippen LogP contribution in [-0.4, -0.2) is 48.8 Å². The van der Waals surface area contributed by atoms with Gasteiger partial charge in [-0.2, -0.15) is 0 Å². The molecule has 0 aliphatic carbocycles. The van der Waals surface area contributed by atoms with Gasteiger partial charge in [0.2, 0.25) is 0 Å². The van der Waals surface area contributed by atoms with Gasteiger partial charge in [-0.05, 0) is 47.5 Å². The molecule has 7 nitrogen and oxygen atoms in total. The second-order valence-corrected chi connectivity index (χ2v) is 6.91. The second kappa shape index (κ2) is 9.39. The van der Waals surface area contributed by atoms with Crippen molar-refractivity contribution in [3.8, 4) is 16.9 Å². The minimum absolute atomic E-state index is 0.0345. The van der Waals surface area contributed by atoms with E-state index >= 15 is 0 Å². The summed E-state index contributed by atoms with van der Waals surface area (Å²) >= 11 is 0. The van der Waals surface area contributed by atoms with Crippen molar-refractivity contribution in [1.82, 2.24) is 10.3 Å². The first-order valence-corrected chi connectivity index (χ1v) is 9.92. The summed E-state index contributed by atoms with van der Waals surface area (Å²) in [5, 5.41) is 15.3. The summed E-state index contributed by atoms with van der Waals surface area (Å²) in [7, 11) is 0. The van der Waals surface area contributed by atoms with Crippen molar-refractivity contribution in [2.24, 2.45) is 0 Å². The zero-order valence-corrected chi connectivity index (χ0v) is 16.5. The molecule has 2 heterocycles. The number of carbonyl (C=O) groups is 1. The highest BCUT2D eigenvalue weighted by Gasteiger charge is 2.25. The van der Waals surface area contributed by atoms with Crippen molar-refractivity contribution < 1.29 is 14.6 Å². The van der Waals surface area contributed by atoms with Gasteiger partial charge in [0.25, 0.3) is 5.91 Å². The fourth-order valence-corrected chi connectivity index (χ4v) is 3.37. The average molecular weight is 404 g/mol. The number of benzene rings is 2. The van der Waals surface area contributed by atoms with Crippen LogP contribution >= 0.6 is 0 Å². The Morgan fingerprint density at radius 3 is 2.70 bits per heavy atom. The fourth-order valence-electron chi connectivity index (χ4n) is 3.37. The van der Waals surface area contributed by atoms with Gasteiger partial charge in [-0.25, -0.2) is 4.98 Å². The topological polar surface area (TPSA) is 86.7 Å². The number of aliphatic hydroxyl groups is 1. The van der Waals surface area contributed by atoms with Crippen molar-refractivity contribution >= 4 is 23.1 Å². The molecule has 0 spiro atoms. The first-order valence-electron chi connectivity index (χ1n) is 9.92. The summed E-state index contributed by atoms with van der Waals surface area (Å²) < 4.78 is 5.61. The van der Waals surface area contributed by atoms with Crippen LogP contribution in [0.25, 0.3) is 11.1 Å². The summed E-state index contributed by atoms with van der Waals surface area (Å²) in [6.45, 7) is 1.71. The Balaban J connectivity index is 1.58. The van der Waals surface area contributed by atoms with Gasteiger partial charge in [-0.15, -0.1) is 0 Å². The van der Waals surface area contributed by atoms with Crippen molar-refractivity contribution in [1.29, 1.82) is 0 Å². The Hall–Kier alpha value is -3.42. The number of aromatic nitrogens is 1. The Morgan fingerprint density at radius 2 is 1.87 bits per heavy atom. The van der Waals surface area contributed by atoms with Gasteiger partial charge < -0.3 is 25.4 Å². The zero-order chi connectivity index (χ0) is 20.8. The number of fused-ring (bicyclic) bond motifs is 1. The Morgan fingerprint density at radius 1 is 1.03 bits per heavy atom. The molecule has 0 unspecified atom stereocenters. The van der Waals surface area contributed by atoms with Gasteiger partial charge in [-0.1, -0.05) is 24.3 Å². The lowest BCUT2D eigenvalue weighted by Gasteiger charge is -2.30. The first-order chi connectivity index (χ1) is 14.7. The van der Waals surface area contributed by atoms with Crippen LogP contribution in [0.2, 0.25) is 0 Å². The predicted octanol–water partition coefficient (Wildman–Crippen LogP) is 2.80. The number of rotatable bonds is 8. The number of para-hydroxylation sites is 1. The SMILES string of the molecule is O=C1COc2ccc(-c3ccnc(Nc4ccccc4)c3)cc2N1CCNCCO. The number of pyridine rings is 1. The van der Waals surface area contributed by atoms with Gasteiger partial charge in [0.1, 0.15) is 11.6 Å². The maximum atomic E-state index is 12.4. The number of anilines is 3. The number of nitrogens with one attached hydrogen (secondary N) is 2. The lowest BCUT2D eigenvalue weighted by Crippen LogP contribution is -2.42. The number of ether oxygens (including phenoxy) is 1. The number of carbonyl (C=O) groups excluding carboxylic acids is 1. The van der Waals surface area contributed by atoms with E-state index in [9.17, 15) is 4.79 Å². The third-order valence-corrected chi connectivity index (χ3v) is 4.84. The fraction of sp³-hybridized carbons (Fsp3) is 0.217. The number of hydrogen-bond donors (Lipinski definition) is 3. The van der Waals surface area contributed by atoms with E-state index in [2.05, 4.69) is 15.6 Å². The average Bonchev–Trinajstić information content (AvgIpc) is 2.78. The van der Waals surface area contributed by atoms with E-state index in [0.717, 1.165) is 28.3 Å². The van der Waals surface area contributed by atoms with Crippen LogP contribution in [0.1, 0.15) is 0 Å². The number of amides is 1. The molecular formula is C23H24N4O3. The molecule has 0 saturated carbocycles. The summed E-state index contributed by atoms with van der Waals surface area (Å²) in [4.78, 5) is 18.6. The summed E-state index contributed by atoms with van der Waals surface area (Å²) in [5.41, 5.74) is 3.68. The van der Waals surface area contributed by atoms with Crippen LogP contribution in [0.3, 0.4) is 0 Å². The highest BCUT2D eigenvalue weighted by atomic mass is 16.5. The smallest absolute Gasteiger partial charge is 0.265 e. The molecule has 4 rings (SSSR count). The van der Waals surface area contributed by atoms with Crippen LogP contribution in [-0.2, 0) is 4.79 Å². The lowest BCUT2D eigenvalue weighted by atomic mass is 10.0. The minimum Gasteiger partial charge on any atom is -0.482 e. The monoisotopic (exact) mass is 404 g/mol. The van der Waals surface area contributed by atoms with E-state index in [1.54, 1.807) is 11.1 Å². The molecule has 7 heteroatoms. The van der Waals surface area contributed by atoms with Crippen molar-refractivity contribution in [2.75, 3.05) is 43.1 Å². The molecular weight excluding hydrogens is 380 g/mol. The van der Waals surface area contributed by atoms with Gasteiger partial charge in [0.05, 0.1) is 12.3 Å². The molecule has 0 radical (unpaired) electrons. The van der Waals surface area contributed by atoms with E-state index in [-0.39, 0.29) is 19.1 Å². The number of nitrogens with zero attached hydrogens (tertiary/aromatic N) is 2. The van der Waals surface area contributed by atoms with Crippen LogP contribution in [0.4, 0.5) is 17.2 Å². The molecule has 1 amide bonds. The standard InChI is InChI=1S/C23H24N4O3/c28-13-11-24-10-12-27-20-14-17(6-7-21(20)30-16-23(27)29)18-8-9-25-22(15-18)26-19-4-2-1-3-5-19/h1-9,14-15,24,28H,10-13,16H2,(H,25,26). The molecule has 3 aromatic rings. The van der Waals surface area contributed by atoms with Crippen molar-refractivity contribution in [3.63, 3.8) is 0 Å². The molecule has 154 valence electrons. The van der Waals surface area contributed by atoms with E-state index in [0.29, 0.717) is 25.4 Å². The molecule has 2 aromatic carbocycles. The normalized spacial score (nSPS) is 13.0. The van der Waals surface area contributed by atoms with Crippen LogP contribution in [0.15, 0.2) is 66.9 Å².